The lowest BCUT2D eigenvalue weighted by Crippen LogP contribution is -2.51. The molecular weight excluding hydrogens is 244 g/mol. The minimum atomic E-state index is -0.0170. The van der Waals surface area contributed by atoms with Crippen LogP contribution < -0.4 is 20.7 Å². The normalized spacial score (nSPS) is 20.0. The monoisotopic (exact) mass is 262 g/mol. The van der Waals surface area contributed by atoms with Gasteiger partial charge in [0.1, 0.15) is 5.75 Å². The van der Waals surface area contributed by atoms with Gasteiger partial charge in [-0.15, -0.1) is 0 Å². The number of nitrogens with two attached hydrogens (primary N) is 1. The van der Waals surface area contributed by atoms with Gasteiger partial charge in [0.15, 0.2) is 6.61 Å². The predicted molar refractivity (Wildman–Crippen MR) is 73.1 cm³/mol. The van der Waals surface area contributed by atoms with Crippen molar-refractivity contribution in [2.75, 3.05) is 50.1 Å². The molecule has 2 aliphatic rings. The highest BCUT2D eigenvalue weighted by molar-refractivity contribution is 5.98. The SMILES string of the molecule is Nc1ccc2c(c1)N(CN1CCNCC1)C(=O)CO2. The van der Waals surface area contributed by atoms with Crippen molar-refractivity contribution in [3.63, 3.8) is 0 Å². The van der Waals surface area contributed by atoms with Crippen molar-refractivity contribution in [1.29, 1.82) is 0 Å². The zero-order valence-corrected chi connectivity index (χ0v) is 10.8. The molecule has 0 spiro atoms. The summed E-state index contributed by atoms with van der Waals surface area (Å²) in [6.45, 7) is 4.51. The van der Waals surface area contributed by atoms with E-state index in [1.165, 1.54) is 0 Å². The fourth-order valence-corrected chi connectivity index (χ4v) is 2.43. The third-order valence-electron chi connectivity index (χ3n) is 3.48. The van der Waals surface area contributed by atoms with Gasteiger partial charge in [0.25, 0.3) is 5.91 Å². The Balaban J connectivity index is 1.83. The number of anilines is 2. The molecule has 2 aliphatic heterocycles. The van der Waals surface area contributed by atoms with Crippen molar-refractivity contribution < 1.29 is 9.53 Å². The van der Waals surface area contributed by atoms with Crippen molar-refractivity contribution in [2.45, 2.75) is 0 Å². The van der Waals surface area contributed by atoms with E-state index >= 15 is 0 Å². The van der Waals surface area contributed by atoms with Crippen LogP contribution in [0.2, 0.25) is 0 Å². The highest BCUT2D eigenvalue weighted by atomic mass is 16.5. The van der Waals surface area contributed by atoms with Crippen LogP contribution in [-0.2, 0) is 4.79 Å². The van der Waals surface area contributed by atoms with Gasteiger partial charge in [0.2, 0.25) is 0 Å². The number of hydrogen-bond donors (Lipinski definition) is 2. The maximum atomic E-state index is 12.1. The van der Waals surface area contributed by atoms with Crippen molar-refractivity contribution in [3.05, 3.63) is 18.2 Å². The Morgan fingerprint density at radius 3 is 2.89 bits per heavy atom. The number of piperazine rings is 1. The minimum absolute atomic E-state index is 0.0170. The first-order chi connectivity index (χ1) is 9.24. The van der Waals surface area contributed by atoms with Crippen LogP contribution in [0, 0.1) is 0 Å². The van der Waals surface area contributed by atoms with Gasteiger partial charge in [-0.05, 0) is 18.2 Å². The Kier molecular flexibility index (Phi) is 3.27. The summed E-state index contributed by atoms with van der Waals surface area (Å²) in [6.07, 6.45) is 0. The van der Waals surface area contributed by atoms with Gasteiger partial charge in [0, 0.05) is 31.9 Å². The summed E-state index contributed by atoms with van der Waals surface area (Å²) in [6, 6.07) is 5.41. The number of fused-ring (bicyclic) bond motifs is 1. The van der Waals surface area contributed by atoms with E-state index in [4.69, 9.17) is 10.5 Å². The lowest BCUT2D eigenvalue weighted by atomic mass is 10.2. The maximum absolute atomic E-state index is 12.1. The van der Waals surface area contributed by atoms with E-state index in [-0.39, 0.29) is 12.5 Å². The summed E-state index contributed by atoms with van der Waals surface area (Å²) in [4.78, 5) is 16.1. The van der Waals surface area contributed by atoms with Crippen molar-refractivity contribution in [2.24, 2.45) is 0 Å². The summed E-state index contributed by atoms with van der Waals surface area (Å²) in [5, 5.41) is 3.30. The zero-order valence-electron chi connectivity index (χ0n) is 10.8. The molecule has 19 heavy (non-hydrogen) atoms. The molecule has 0 atom stereocenters. The molecule has 1 saturated heterocycles. The molecule has 1 fully saturated rings. The maximum Gasteiger partial charge on any atom is 0.266 e. The van der Waals surface area contributed by atoms with E-state index in [1.54, 1.807) is 17.0 Å². The van der Waals surface area contributed by atoms with Gasteiger partial charge >= 0.3 is 0 Å². The van der Waals surface area contributed by atoms with Crippen LogP contribution in [0.3, 0.4) is 0 Å². The first-order valence-electron chi connectivity index (χ1n) is 6.50. The average molecular weight is 262 g/mol. The topological polar surface area (TPSA) is 70.8 Å². The van der Waals surface area contributed by atoms with Crippen LogP contribution in [0.4, 0.5) is 11.4 Å². The molecule has 0 saturated carbocycles. The number of amides is 1. The fourth-order valence-electron chi connectivity index (χ4n) is 2.43. The van der Waals surface area contributed by atoms with Crippen LogP contribution in [0.25, 0.3) is 0 Å². The molecule has 0 radical (unpaired) electrons. The standard InChI is InChI=1S/C13H18N4O2/c14-10-1-2-12-11(7-10)17(13(18)8-19-12)9-16-5-3-15-4-6-16/h1-2,7,15H,3-6,8-9,14H2. The van der Waals surface area contributed by atoms with Crippen LogP contribution in [-0.4, -0.2) is 50.3 Å². The molecule has 2 heterocycles. The number of carbonyl (C=O) groups excluding carboxylic acids is 1. The van der Waals surface area contributed by atoms with E-state index in [1.807, 2.05) is 6.07 Å². The van der Waals surface area contributed by atoms with E-state index in [0.717, 1.165) is 37.6 Å². The second-order valence-corrected chi connectivity index (χ2v) is 4.85. The molecule has 3 rings (SSSR count). The lowest BCUT2D eigenvalue weighted by molar-refractivity contribution is -0.121. The van der Waals surface area contributed by atoms with E-state index < -0.39 is 0 Å². The van der Waals surface area contributed by atoms with Gasteiger partial charge < -0.3 is 15.8 Å². The summed E-state index contributed by atoms with van der Waals surface area (Å²) < 4.78 is 5.43. The molecule has 1 aromatic carbocycles. The van der Waals surface area contributed by atoms with E-state index in [9.17, 15) is 4.79 Å². The Morgan fingerprint density at radius 2 is 2.11 bits per heavy atom. The van der Waals surface area contributed by atoms with Gasteiger partial charge in [-0.25, -0.2) is 0 Å². The minimum Gasteiger partial charge on any atom is -0.482 e. The van der Waals surface area contributed by atoms with Gasteiger partial charge in [-0.1, -0.05) is 0 Å². The number of benzene rings is 1. The quantitative estimate of drug-likeness (QED) is 0.726. The number of ether oxygens (including phenoxy) is 1. The molecule has 6 nitrogen and oxygen atoms in total. The third-order valence-corrected chi connectivity index (χ3v) is 3.48. The second-order valence-electron chi connectivity index (χ2n) is 4.85. The highest BCUT2D eigenvalue weighted by Gasteiger charge is 2.27. The van der Waals surface area contributed by atoms with Gasteiger partial charge in [0.05, 0.1) is 12.4 Å². The largest absolute Gasteiger partial charge is 0.482 e. The summed E-state index contributed by atoms with van der Waals surface area (Å²) >= 11 is 0. The molecule has 1 amide bonds. The highest BCUT2D eigenvalue weighted by Crippen LogP contribution is 2.33. The number of nitrogens with zero attached hydrogens (tertiary/aromatic N) is 2. The van der Waals surface area contributed by atoms with Crippen LogP contribution in [0.15, 0.2) is 18.2 Å². The Bertz CT molecular complexity index is 486. The van der Waals surface area contributed by atoms with Crippen molar-refractivity contribution >= 4 is 17.3 Å². The van der Waals surface area contributed by atoms with Crippen molar-refractivity contribution in [1.82, 2.24) is 10.2 Å². The predicted octanol–water partition coefficient (Wildman–Crippen LogP) is -0.143. The Morgan fingerprint density at radius 1 is 1.32 bits per heavy atom. The Hall–Kier alpha value is -1.79. The first-order valence-corrected chi connectivity index (χ1v) is 6.50. The molecule has 0 aliphatic carbocycles. The summed E-state index contributed by atoms with van der Waals surface area (Å²) in [5.41, 5.74) is 7.22. The zero-order chi connectivity index (χ0) is 13.2. The van der Waals surface area contributed by atoms with Crippen LogP contribution >= 0.6 is 0 Å². The lowest BCUT2D eigenvalue weighted by Gasteiger charge is -2.35. The molecule has 0 aromatic heterocycles. The molecular formula is C13H18N4O2. The Labute approximate surface area is 112 Å². The molecule has 6 heteroatoms. The molecule has 1 aromatic rings. The third kappa shape index (κ3) is 2.50. The van der Waals surface area contributed by atoms with Crippen molar-refractivity contribution in [3.8, 4) is 5.75 Å². The van der Waals surface area contributed by atoms with Gasteiger partial charge in [-0.2, -0.15) is 0 Å². The average Bonchev–Trinajstić information content (AvgIpc) is 2.43. The molecule has 102 valence electrons. The first kappa shape index (κ1) is 12.3. The van der Waals surface area contributed by atoms with E-state index in [2.05, 4.69) is 10.2 Å². The van der Waals surface area contributed by atoms with Gasteiger partial charge in [-0.3, -0.25) is 14.6 Å². The number of rotatable bonds is 2. The number of nitrogens with one attached hydrogen (secondary N) is 1. The van der Waals surface area contributed by atoms with Crippen LogP contribution in [0.1, 0.15) is 0 Å². The molecule has 0 unspecified atom stereocenters. The summed E-state index contributed by atoms with van der Waals surface area (Å²) in [5.74, 6) is 0.709. The molecule has 3 N–H and O–H groups in total. The number of hydrogen-bond acceptors (Lipinski definition) is 5. The second kappa shape index (κ2) is 5.07. The van der Waals surface area contributed by atoms with E-state index in [0.29, 0.717) is 12.4 Å². The number of nitrogen functional groups attached to an aromatic ring is 1. The fraction of sp³-hybridized carbons (Fsp3) is 0.462. The van der Waals surface area contributed by atoms with Crippen LogP contribution in [0.5, 0.6) is 5.75 Å². The summed E-state index contributed by atoms with van der Waals surface area (Å²) in [7, 11) is 0. The molecule has 0 bridgehead atoms. The number of carbonyl (C=O) groups is 1. The smallest absolute Gasteiger partial charge is 0.266 e.